The number of aldehydes is 1. The third-order valence-electron chi connectivity index (χ3n) is 1.55. The van der Waals surface area contributed by atoms with E-state index in [1.807, 2.05) is 0 Å². The molecular weight excluding hydrogens is 233 g/mol. The first-order chi connectivity index (χ1) is 6.97. The van der Waals surface area contributed by atoms with Crippen molar-refractivity contribution in [2.24, 2.45) is 0 Å². The van der Waals surface area contributed by atoms with Crippen molar-refractivity contribution in [3.63, 3.8) is 0 Å². The van der Waals surface area contributed by atoms with Crippen LogP contribution in [0.3, 0.4) is 0 Å². The van der Waals surface area contributed by atoms with Crippen LogP contribution in [0.2, 0.25) is 0 Å². The summed E-state index contributed by atoms with van der Waals surface area (Å²) < 4.78 is 41.6. The van der Waals surface area contributed by atoms with E-state index < -0.39 is 17.5 Å². The first-order valence-corrected chi connectivity index (χ1v) is 4.30. The van der Waals surface area contributed by atoms with Crippen LogP contribution in [-0.2, 0) is 0 Å². The molecule has 1 aromatic rings. The van der Waals surface area contributed by atoms with E-state index in [1.54, 1.807) is 0 Å². The lowest BCUT2D eigenvalue weighted by Gasteiger charge is -2.18. The molecule has 1 atom stereocenters. The maximum absolute atomic E-state index is 12.7. The second-order valence-electron chi connectivity index (χ2n) is 2.62. The van der Waals surface area contributed by atoms with Crippen LogP contribution in [0.4, 0.5) is 13.2 Å². The second kappa shape index (κ2) is 4.53. The van der Waals surface area contributed by atoms with Crippen LogP contribution in [0.1, 0.15) is 10.4 Å². The summed E-state index contributed by atoms with van der Waals surface area (Å²) in [6.07, 6.45) is -3.84. The molecule has 0 radical (unpaired) electrons. The Hall–Kier alpha value is -1.23. The van der Waals surface area contributed by atoms with Gasteiger partial charge in [-0.1, -0.05) is 23.7 Å². The minimum Gasteiger partial charge on any atom is -0.429 e. The summed E-state index contributed by atoms with van der Waals surface area (Å²) in [6, 6.07) is 5.22. The van der Waals surface area contributed by atoms with Gasteiger partial charge in [-0.2, -0.15) is 8.78 Å². The average molecular weight is 239 g/mol. The Morgan fingerprint density at radius 1 is 1.40 bits per heavy atom. The zero-order chi connectivity index (χ0) is 11.5. The van der Waals surface area contributed by atoms with Crippen LogP contribution in [0.5, 0.6) is 5.75 Å². The van der Waals surface area contributed by atoms with Crippen LogP contribution in [0.15, 0.2) is 24.3 Å². The van der Waals surface area contributed by atoms with Gasteiger partial charge in [-0.25, -0.2) is 4.39 Å². The monoisotopic (exact) mass is 238 g/mol. The first kappa shape index (κ1) is 11.8. The van der Waals surface area contributed by atoms with Crippen molar-refractivity contribution in [1.29, 1.82) is 0 Å². The summed E-state index contributed by atoms with van der Waals surface area (Å²) in [4.78, 5) is 10.4. The molecule has 82 valence electrons. The molecule has 0 N–H and O–H groups in total. The Morgan fingerprint density at radius 3 is 2.53 bits per heavy atom. The molecule has 0 saturated heterocycles. The van der Waals surface area contributed by atoms with Crippen LogP contribution in [-0.4, -0.2) is 18.0 Å². The molecule has 0 aliphatic heterocycles. The lowest BCUT2D eigenvalue weighted by Crippen LogP contribution is -2.33. The number of hydrogen-bond donors (Lipinski definition) is 0. The van der Waals surface area contributed by atoms with Crippen molar-refractivity contribution in [1.82, 2.24) is 0 Å². The standard InChI is InChI=1S/C9H6ClF3O2/c10-8(11)9(12,13)15-7-4-2-1-3-6(7)5-14/h1-5,8H. The molecule has 0 heterocycles. The summed E-state index contributed by atoms with van der Waals surface area (Å²) in [5, 5.41) is 0. The van der Waals surface area contributed by atoms with Gasteiger partial charge in [0.25, 0.3) is 5.63 Å². The van der Waals surface area contributed by atoms with Gasteiger partial charge < -0.3 is 4.74 Å². The Balaban J connectivity index is 2.94. The van der Waals surface area contributed by atoms with E-state index in [9.17, 15) is 18.0 Å². The zero-order valence-corrected chi connectivity index (χ0v) is 8.05. The Morgan fingerprint density at radius 2 is 2.00 bits per heavy atom. The number of carbonyl (C=O) groups excluding carboxylic acids is 1. The number of benzene rings is 1. The Labute approximate surface area is 88.6 Å². The minimum absolute atomic E-state index is 0.102. The largest absolute Gasteiger partial charge is 0.444 e. The zero-order valence-electron chi connectivity index (χ0n) is 7.29. The van der Waals surface area contributed by atoms with Crippen LogP contribution in [0, 0.1) is 0 Å². The topological polar surface area (TPSA) is 26.3 Å². The molecule has 0 amide bonds. The fourth-order valence-corrected chi connectivity index (χ4v) is 0.907. The normalized spacial score (nSPS) is 13.3. The number of para-hydroxylation sites is 1. The molecule has 0 aliphatic rings. The molecule has 0 fully saturated rings. The molecule has 0 bridgehead atoms. The van der Waals surface area contributed by atoms with Crippen LogP contribution in [0.25, 0.3) is 0 Å². The molecule has 0 spiro atoms. The van der Waals surface area contributed by atoms with Crippen molar-refractivity contribution < 1.29 is 22.7 Å². The lowest BCUT2D eigenvalue weighted by atomic mass is 10.2. The van der Waals surface area contributed by atoms with Crippen LogP contribution < -0.4 is 4.74 Å². The van der Waals surface area contributed by atoms with Crippen molar-refractivity contribution in [3.05, 3.63) is 29.8 Å². The van der Waals surface area contributed by atoms with Gasteiger partial charge in [-0.3, -0.25) is 4.79 Å². The van der Waals surface area contributed by atoms with E-state index in [0.29, 0.717) is 6.29 Å². The SMILES string of the molecule is O=Cc1ccccc1OC(F)(F)C(F)Cl. The molecule has 1 unspecified atom stereocenters. The Kier molecular flexibility index (Phi) is 3.57. The molecule has 0 saturated carbocycles. The third-order valence-corrected chi connectivity index (χ3v) is 1.80. The number of hydrogen-bond acceptors (Lipinski definition) is 2. The minimum atomic E-state index is -4.17. The summed E-state index contributed by atoms with van der Waals surface area (Å²) in [6.45, 7) is 0. The molecule has 0 aliphatic carbocycles. The highest BCUT2D eigenvalue weighted by Crippen LogP contribution is 2.30. The molecule has 15 heavy (non-hydrogen) atoms. The molecule has 0 aromatic heterocycles. The van der Waals surface area contributed by atoms with Gasteiger partial charge in [0.1, 0.15) is 5.75 Å². The predicted molar refractivity (Wildman–Crippen MR) is 48.2 cm³/mol. The number of rotatable bonds is 4. The van der Waals surface area contributed by atoms with Gasteiger partial charge in [0.15, 0.2) is 6.29 Å². The van der Waals surface area contributed by atoms with E-state index in [4.69, 9.17) is 0 Å². The number of carbonyl (C=O) groups is 1. The van der Waals surface area contributed by atoms with Gasteiger partial charge in [-0.15, -0.1) is 0 Å². The van der Waals surface area contributed by atoms with Gasteiger partial charge in [0.2, 0.25) is 0 Å². The number of alkyl halides is 4. The maximum Gasteiger partial charge on any atom is 0.444 e. The van der Waals surface area contributed by atoms with E-state index in [1.165, 1.54) is 18.2 Å². The molecular formula is C9H6ClF3O2. The fourth-order valence-electron chi connectivity index (χ4n) is 0.862. The summed E-state index contributed by atoms with van der Waals surface area (Å²) in [7, 11) is 0. The third kappa shape index (κ3) is 2.86. The lowest BCUT2D eigenvalue weighted by molar-refractivity contribution is -0.199. The Bertz CT molecular complexity index is 355. The highest BCUT2D eigenvalue weighted by Gasteiger charge is 2.42. The van der Waals surface area contributed by atoms with E-state index in [0.717, 1.165) is 6.07 Å². The molecule has 2 nitrogen and oxygen atoms in total. The summed E-state index contributed by atoms with van der Waals surface area (Å²) in [5.41, 5.74) is -3.08. The molecule has 1 aromatic carbocycles. The van der Waals surface area contributed by atoms with E-state index >= 15 is 0 Å². The predicted octanol–water partition coefficient (Wildman–Crippen LogP) is 3.01. The van der Waals surface area contributed by atoms with Crippen molar-refractivity contribution in [3.8, 4) is 5.75 Å². The van der Waals surface area contributed by atoms with Crippen LogP contribution >= 0.6 is 11.6 Å². The number of halogens is 4. The molecule has 1 rings (SSSR count). The van der Waals surface area contributed by atoms with E-state index in [2.05, 4.69) is 16.3 Å². The quantitative estimate of drug-likeness (QED) is 0.595. The molecule has 6 heteroatoms. The van der Waals surface area contributed by atoms with Gasteiger partial charge >= 0.3 is 6.11 Å². The summed E-state index contributed by atoms with van der Waals surface area (Å²) in [5.74, 6) is -0.416. The highest BCUT2D eigenvalue weighted by molar-refractivity contribution is 6.20. The van der Waals surface area contributed by atoms with Gasteiger partial charge in [0.05, 0.1) is 5.56 Å². The smallest absolute Gasteiger partial charge is 0.429 e. The first-order valence-electron chi connectivity index (χ1n) is 3.86. The van der Waals surface area contributed by atoms with Gasteiger partial charge in [-0.05, 0) is 12.1 Å². The van der Waals surface area contributed by atoms with E-state index in [-0.39, 0.29) is 5.56 Å². The van der Waals surface area contributed by atoms with Gasteiger partial charge in [0, 0.05) is 0 Å². The maximum atomic E-state index is 12.7. The second-order valence-corrected chi connectivity index (χ2v) is 3.00. The highest BCUT2D eigenvalue weighted by atomic mass is 35.5. The van der Waals surface area contributed by atoms with Crippen molar-refractivity contribution >= 4 is 17.9 Å². The average Bonchev–Trinajstić information content (AvgIpc) is 2.18. The van der Waals surface area contributed by atoms with Crippen molar-refractivity contribution in [2.75, 3.05) is 0 Å². The number of ether oxygens (including phenoxy) is 1. The summed E-state index contributed by atoms with van der Waals surface area (Å²) >= 11 is 4.58. The van der Waals surface area contributed by atoms with Crippen molar-refractivity contribution in [2.45, 2.75) is 11.7 Å². The fraction of sp³-hybridized carbons (Fsp3) is 0.222.